The van der Waals surface area contributed by atoms with E-state index in [1.807, 2.05) is 31.3 Å². The molecular weight excluding hydrogens is 298 g/mol. The molecule has 0 saturated carbocycles. The molecule has 1 aromatic carbocycles. The predicted octanol–water partition coefficient (Wildman–Crippen LogP) is 3.87. The molecule has 0 N–H and O–H groups in total. The normalized spacial score (nSPS) is 18.8. The molecule has 22 heavy (non-hydrogen) atoms. The van der Waals surface area contributed by atoms with Gasteiger partial charge in [-0.1, -0.05) is 18.5 Å². The zero-order chi connectivity index (χ0) is 15.5. The smallest absolute Gasteiger partial charge is 0.140 e. The molecule has 3 rings (SSSR count). The Morgan fingerprint density at radius 2 is 2.23 bits per heavy atom. The minimum Gasteiger partial charge on any atom is -0.492 e. The molecule has 0 amide bonds. The van der Waals surface area contributed by atoms with Gasteiger partial charge in [0.15, 0.2) is 0 Å². The molecule has 1 unspecified atom stereocenters. The third-order valence-corrected chi connectivity index (χ3v) is 4.54. The highest BCUT2D eigenvalue weighted by Gasteiger charge is 2.24. The molecule has 4 nitrogen and oxygen atoms in total. The molecule has 0 bridgehead atoms. The number of hydrogen-bond donors (Lipinski definition) is 0. The summed E-state index contributed by atoms with van der Waals surface area (Å²) >= 11 is 6.31. The van der Waals surface area contributed by atoms with Gasteiger partial charge < -0.3 is 14.2 Å². The Kier molecular flexibility index (Phi) is 4.69. The zero-order valence-electron chi connectivity index (χ0n) is 13.1. The average Bonchev–Trinajstić information content (AvgIpc) is 3.17. The average molecular weight is 320 g/mol. The van der Waals surface area contributed by atoms with Crippen LogP contribution in [0.15, 0.2) is 30.6 Å². The van der Waals surface area contributed by atoms with Crippen molar-refractivity contribution in [2.75, 3.05) is 26.2 Å². The van der Waals surface area contributed by atoms with E-state index in [4.69, 9.17) is 16.3 Å². The Morgan fingerprint density at radius 3 is 2.91 bits per heavy atom. The fourth-order valence-corrected chi connectivity index (χ4v) is 3.31. The quantitative estimate of drug-likeness (QED) is 0.838. The first kappa shape index (κ1) is 15.4. The van der Waals surface area contributed by atoms with E-state index in [2.05, 4.69) is 27.6 Å². The highest BCUT2D eigenvalue weighted by atomic mass is 35.5. The molecule has 1 atom stereocenters. The summed E-state index contributed by atoms with van der Waals surface area (Å²) in [6.07, 6.45) is 5.11. The second-order valence-electron chi connectivity index (χ2n) is 5.57. The van der Waals surface area contributed by atoms with Crippen LogP contribution in [-0.4, -0.2) is 40.7 Å². The molecular formula is C17H22ClN3O. The monoisotopic (exact) mass is 319 g/mol. The number of halogens is 1. The topological polar surface area (TPSA) is 30.3 Å². The standard InChI is InChI=1S/C17H22ClN3O/c1-3-20-9-7-14(12-20)21-10-8-19-17(21)13-5-6-16(22-4-2)15(18)11-13/h5-6,8,10-11,14H,3-4,7,9,12H2,1-2H3. The van der Waals surface area contributed by atoms with E-state index in [1.54, 1.807) is 0 Å². The maximum absolute atomic E-state index is 6.31. The van der Waals surface area contributed by atoms with Gasteiger partial charge >= 0.3 is 0 Å². The number of hydrogen-bond acceptors (Lipinski definition) is 3. The molecule has 1 aromatic heterocycles. The summed E-state index contributed by atoms with van der Waals surface area (Å²) in [6, 6.07) is 6.38. The van der Waals surface area contributed by atoms with Gasteiger partial charge in [0.1, 0.15) is 11.6 Å². The van der Waals surface area contributed by atoms with E-state index in [-0.39, 0.29) is 0 Å². The lowest BCUT2D eigenvalue weighted by Crippen LogP contribution is -2.21. The molecule has 1 aliphatic heterocycles. The minimum atomic E-state index is 0.489. The van der Waals surface area contributed by atoms with Gasteiger partial charge in [-0.25, -0.2) is 4.98 Å². The Labute approximate surface area is 136 Å². The summed E-state index contributed by atoms with van der Waals surface area (Å²) in [5.74, 6) is 1.71. The van der Waals surface area contributed by atoms with Crippen LogP contribution < -0.4 is 4.74 Å². The first-order chi connectivity index (χ1) is 10.7. The predicted molar refractivity (Wildman–Crippen MR) is 89.6 cm³/mol. The van der Waals surface area contributed by atoms with Gasteiger partial charge in [-0.05, 0) is 38.1 Å². The van der Waals surface area contributed by atoms with E-state index in [9.17, 15) is 0 Å². The fraction of sp³-hybridized carbons (Fsp3) is 0.471. The van der Waals surface area contributed by atoms with Gasteiger partial charge in [0, 0.05) is 37.1 Å². The largest absolute Gasteiger partial charge is 0.492 e. The van der Waals surface area contributed by atoms with Gasteiger partial charge in [-0.15, -0.1) is 0 Å². The molecule has 0 aliphatic carbocycles. The molecule has 118 valence electrons. The molecule has 0 radical (unpaired) electrons. The number of nitrogens with zero attached hydrogens (tertiary/aromatic N) is 3. The molecule has 5 heteroatoms. The summed E-state index contributed by atoms with van der Waals surface area (Å²) < 4.78 is 7.78. The Bertz CT molecular complexity index is 641. The highest BCUT2D eigenvalue weighted by Crippen LogP contribution is 2.32. The van der Waals surface area contributed by atoms with Gasteiger partial charge in [0.05, 0.1) is 11.6 Å². The van der Waals surface area contributed by atoms with Gasteiger partial charge in [-0.2, -0.15) is 0 Å². The summed E-state index contributed by atoms with van der Waals surface area (Å²) in [7, 11) is 0. The van der Waals surface area contributed by atoms with Crippen LogP contribution in [0.25, 0.3) is 11.4 Å². The minimum absolute atomic E-state index is 0.489. The number of likely N-dealkylation sites (tertiary alicyclic amines) is 1. The van der Waals surface area contributed by atoms with Crippen LogP contribution in [0, 0.1) is 0 Å². The maximum atomic E-state index is 6.31. The van der Waals surface area contributed by atoms with Gasteiger partial charge in [0.25, 0.3) is 0 Å². The molecule has 1 fully saturated rings. The van der Waals surface area contributed by atoms with E-state index in [0.717, 1.165) is 36.8 Å². The van der Waals surface area contributed by atoms with Crippen molar-refractivity contribution in [3.63, 3.8) is 0 Å². The summed E-state index contributed by atoms with van der Waals surface area (Å²) in [5, 5.41) is 0.635. The third-order valence-electron chi connectivity index (χ3n) is 4.25. The van der Waals surface area contributed by atoms with Crippen molar-refractivity contribution < 1.29 is 4.74 Å². The van der Waals surface area contributed by atoms with Crippen LogP contribution in [0.3, 0.4) is 0 Å². The molecule has 0 spiro atoms. The fourth-order valence-electron chi connectivity index (χ4n) is 3.07. The van der Waals surface area contributed by atoms with E-state index in [0.29, 0.717) is 17.7 Å². The van der Waals surface area contributed by atoms with E-state index < -0.39 is 0 Å². The second-order valence-corrected chi connectivity index (χ2v) is 5.98. The van der Waals surface area contributed by atoms with Crippen molar-refractivity contribution >= 4 is 11.6 Å². The van der Waals surface area contributed by atoms with Crippen LogP contribution in [0.2, 0.25) is 5.02 Å². The number of imidazole rings is 1. The number of benzene rings is 1. The lowest BCUT2D eigenvalue weighted by molar-refractivity contribution is 0.340. The van der Waals surface area contributed by atoms with Crippen LogP contribution in [0.5, 0.6) is 5.75 Å². The van der Waals surface area contributed by atoms with Gasteiger partial charge in [0.2, 0.25) is 0 Å². The lowest BCUT2D eigenvalue weighted by Gasteiger charge is -2.17. The van der Waals surface area contributed by atoms with Crippen molar-refractivity contribution in [2.45, 2.75) is 26.3 Å². The second kappa shape index (κ2) is 6.71. The van der Waals surface area contributed by atoms with Crippen LogP contribution >= 0.6 is 11.6 Å². The van der Waals surface area contributed by atoms with Crippen molar-refractivity contribution in [3.8, 4) is 17.1 Å². The zero-order valence-corrected chi connectivity index (χ0v) is 13.9. The van der Waals surface area contributed by atoms with E-state index >= 15 is 0 Å². The van der Waals surface area contributed by atoms with Crippen molar-refractivity contribution in [1.82, 2.24) is 14.5 Å². The molecule has 1 aliphatic rings. The Hall–Kier alpha value is -1.52. The van der Waals surface area contributed by atoms with Gasteiger partial charge in [-0.3, -0.25) is 0 Å². The SMILES string of the molecule is CCOc1ccc(-c2nccn2C2CCN(CC)C2)cc1Cl. The first-order valence-electron chi connectivity index (χ1n) is 7.90. The maximum Gasteiger partial charge on any atom is 0.140 e. The first-order valence-corrected chi connectivity index (χ1v) is 8.28. The molecule has 2 heterocycles. The Morgan fingerprint density at radius 1 is 1.36 bits per heavy atom. The van der Waals surface area contributed by atoms with Crippen LogP contribution in [-0.2, 0) is 0 Å². The van der Waals surface area contributed by atoms with Crippen LogP contribution in [0.4, 0.5) is 0 Å². The van der Waals surface area contributed by atoms with Crippen molar-refractivity contribution in [3.05, 3.63) is 35.6 Å². The summed E-state index contributed by atoms with van der Waals surface area (Å²) in [6.45, 7) is 8.13. The lowest BCUT2D eigenvalue weighted by atomic mass is 10.2. The third kappa shape index (κ3) is 2.99. The number of likely N-dealkylation sites (N-methyl/N-ethyl adjacent to an activating group) is 1. The molecule has 2 aromatic rings. The number of aromatic nitrogens is 2. The molecule has 1 saturated heterocycles. The van der Waals surface area contributed by atoms with Crippen molar-refractivity contribution in [2.24, 2.45) is 0 Å². The number of rotatable bonds is 5. The number of ether oxygens (including phenoxy) is 1. The highest BCUT2D eigenvalue weighted by molar-refractivity contribution is 6.32. The summed E-state index contributed by atoms with van der Waals surface area (Å²) in [4.78, 5) is 7.02. The van der Waals surface area contributed by atoms with E-state index in [1.165, 1.54) is 6.42 Å². The Balaban J connectivity index is 1.87. The van der Waals surface area contributed by atoms with Crippen LogP contribution in [0.1, 0.15) is 26.3 Å². The summed E-state index contributed by atoms with van der Waals surface area (Å²) in [5.41, 5.74) is 1.04. The van der Waals surface area contributed by atoms with Crippen molar-refractivity contribution in [1.29, 1.82) is 0 Å².